The fourth-order valence-electron chi connectivity index (χ4n) is 3.59. The number of carbonyl (C=O) groups is 1. The Bertz CT molecular complexity index is 1450. The van der Waals surface area contributed by atoms with Crippen LogP contribution in [0.1, 0.15) is 11.1 Å². The zero-order chi connectivity index (χ0) is 23.4. The minimum Gasteiger partial charge on any atom is -0.342 e. The van der Waals surface area contributed by atoms with Gasteiger partial charge < -0.3 is 9.88 Å². The fraction of sp³-hybridized carbons (Fsp3) is 0.0400. The van der Waals surface area contributed by atoms with Gasteiger partial charge in [-0.2, -0.15) is 5.26 Å². The normalized spacial score (nSPS) is 11.2. The smallest absolute Gasteiger partial charge is 0.292 e. The van der Waals surface area contributed by atoms with Gasteiger partial charge in [0, 0.05) is 40.3 Å². The maximum atomic E-state index is 12.7. The van der Waals surface area contributed by atoms with Gasteiger partial charge in [-0.15, -0.1) is 0 Å². The van der Waals surface area contributed by atoms with Gasteiger partial charge in [-0.05, 0) is 35.9 Å². The van der Waals surface area contributed by atoms with Gasteiger partial charge in [0.2, 0.25) is 0 Å². The summed E-state index contributed by atoms with van der Waals surface area (Å²) in [4.78, 5) is 23.4. The highest BCUT2D eigenvalue weighted by Crippen LogP contribution is 2.27. The minimum absolute atomic E-state index is 0.0250. The number of benzene rings is 3. The maximum Gasteiger partial charge on any atom is 0.292 e. The second kappa shape index (κ2) is 9.39. The number of halogens is 1. The Kier molecular flexibility index (Phi) is 6.20. The average molecular weight is 457 g/mol. The van der Waals surface area contributed by atoms with Crippen molar-refractivity contribution in [3.63, 3.8) is 0 Å². The maximum absolute atomic E-state index is 12.7. The summed E-state index contributed by atoms with van der Waals surface area (Å²) in [6.45, 7) is 0.555. The van der Waals surface area contributed by atoms with Crippen molar-refractivity contribution < 1.29 is 9.72 Å². The lowest BCUT2D eigenvalue weighted by molar-refractivity contribution is -0.383. The summed E-state index contributed by atoms with van der Waals surface area (Å²) >= 11 is 6.11. The number of anilines is 1. The van der Waals surface area contributed by atoms with Crippen molar-refractivity contribution in [3.05, 3.63) is 111 Å². The predicted octanol–water partition coefficient (Wildman–Crippen LogP) is 5.80. The van der Waals surface area contributed by atoms with Gasteiger partial charge in [-0.25, -0.2) is 0 Å². The molecule has 1 heterocycles. The van der Waals surface area contributed by atoms with E-state index in [1.807, 2.05) is 65.4 Å². The molecule has 4 aromatic rings. The molecular weight excluding hydrogens is 440 g/mol. The van der Waals surface area contributed by atoms with Crippen molar-refractivity contribution in [1.82, 2.24) is 4.57 Å². The fourth-order valence-corrected chi connectivity index (χ4v) is 3.80. The van der Waals surface area contributed by atoms with Crippen LogP contribution in [0, 0.1) is 21.4 Å². The van der Waals surface area contributed by atoms with Crippen molar-refractivity contribution >= 4 is 45.9 Å². The highest BCUT2D eigenvalue weighted by molar-refractivity contribution is 6.30. The quantitative estimate of drug-likeness (QED) is 0.171. The minimum atomic E-state index is -0.724. The van der Waals surface area contributed by atoms with Crippen LogP contribution in [-0.4, -0.2) is 15.4 Å². The molecule has 0 aliphatic heterocycles. The number of hydrogen-bond donors (Lipinski definition) is 1. The number of rotatable bonds is 6. The van der Waals surface area contributed by atoms with E-state index >= 15 is 0 Å². The van der Waals surface area contributed by atoms with Crippen LogP contribution in [0.15, 0.2) is 84.6 Å². The summed E-state index contributed by atoms with van der Waals surface area (Å²) in [5.41, 5.74) is 2.23. The molecule has 0 saturated heterocycles. The standard InChI is InChI=1S/C25H17ClN4O3/c26-20-7-5-6-17(12-20)15-29-16-19(21-8-1-3-10-23(21)29)13-18(14-27)25(31)28-22-9-2-4-11-24(22)30(32)33/h1-13,16H,15H2,(H,28,31)/b18-13+. The van der Waals surface area contributed by atoms with Gasteiger partial charge in [0.05, 0.1) is 4.92 Å². The number of fused-ring (bicyclic) bond motifs is 1. The Morgan fingerprint density at radius 3 is 2.64 bits per heavy atom. The van der Waals surface area contributed by atoms with E-state index in [2.05, 4.69) is 5.32 Å². The Labute approximate surface area is 194 Å². The Hall–Kier alpha value is -4.41. The molecule has 1 N–H and O–H groups in total. The molecule has 0 aliphatic carbocycles. The van der Waals surface area contributed by atoms with Gasteiger partial charge in [-0.3, -0.25) is 14.9 Å². The number of nitrogens with one attached hydrogen (secondary N) is 1. The van der Waals surface area contributed by atoms with E-state index in [9.17, 15) is 20.2 Å². The molecule has 0 atom stereocenters. The van der Waals surface area contributed by atoms with Crippen LogP contribution >= 0.6 is 11.6 Å². The number of nitro groups is 1. The first-order chi connectivity index (χ1) is 16.0. The topological polar surface area (TPSA) is 101 Å². The Morgan fingerprint density at radius 2 is 1.88 bits per heavy atom. The summed E-state index contributed by atoms with van der Waals surface area (Å²) in [7, 11) is 0. The number of aromatic nitrogens is 1. The summed E-state index contributed by atoms with van der Waals surface area (Å²) in [5, 5.41) is 24.8. The van der Waals surface area contributed by atoms with Crippen molar-refractivity contribution in [2.24, 2.45) is 0 Å². The first-order valence-electron chi connectivity index (χ1n) is 9.95. The molecular formula is C25H17ClN4O3. The van der Waals surface area contributed by atoms with E-state index < -0.39 is 10.8 Å². The van der Waals surface area contributed by atoms with E-state index in [0.717, 1.165) is 16.5 Å². The summed E-state index contributed by atoms with van der Waals surface area (Å²) in [6.07, 6.45) is 3.35. The predicted molar refractivity (Wildman–Crippen MR) is 128 cm³/mol. The van der Waals surface area contributed by atoms with Crippen LogP contribution in [0.3, 0.4) is 0 Å². The molecule has 0 aliphatic rings. The Balaban J connectivity index is 1.69. The van der Waals surface area contributed by atoms with Crippen molar-refractivity contribution in [3.8, 4) is 6.07 Å². The monoisotopic (exact) mass is 456 g/mol. The van der Waals surface area contributed by atoms with Gasteiger partial charge in [-0.1, -0.05) is 54.1 Å². The van der Waals surface area contributed by atoms with E-state index in [4.69, 9.17) is 11.6 Å². The third kappa shape index (κ3) is 4.76. The largest absolute Gasteiger partial charge is 0.342 e. The van der Waals surface area contributed by atoms with Crippen LogP contribution in [0.5, 0.6) is 0 Å². The number of nitrogens with zero attached hydrogens (tertiary/aromatic N) is 3. The van der Waals surface area contributed by atoms with Crippen molar-refractivity contribution in [2.45, 2.75) is 6.54 Å². The number of nitriles is 1. The average Bonchev–Trinajstić information content (AvgIpc) is 3.14. The molecule has 0 spiro atoms. The zero-order valence-corrected chi connectivity index (χ0v) is 18.0. The van der Waals surface area contributed by atoms with Crippen molar-refractivity contribution in [2.75, 3.05) is 5.32 Å². The summed E-state index contributed by atoms with van der Waals surface area (Å²) in [5.74, 6) is -0.724. The lowest BCUT2D eigenvalue weighted by Crippen LogP contribution is -2.14. The van der Waals surface area contributed by atoms with E-state index in [1.165, 1.54) is 24.3 Å². The van der Waals surface area contributed by atoms with Crippen LogP contribution < -0.4 is 5.32 Å². The number of nitro benzene ring substituents is 1. The van der Waals surface area contributed by atoms with Crippen LogP contribution in [0.2, 0.25) is 5.02 Å². The second-order valence-corrected chi connectivity index (χ2v) is 7.69. The molecule has 0 saturated carbocycles. The first kappa shape index (κ1) is 21.8. The van der Waals surface area contributed by atoms with Gasteiger partial charge in [0.15, 0.2) is 0 Å². The molecule has 1 aromatic heterocycles. The molecule has 0 radical (unpaired) electrons. The number of para-hydroxylation sites is 3. The van der Waals surface area contributed by atoms with Crippen LogP contribution in [0.25, 0.3) is 17.0 Å². The highest BCUT2D eigenvalue weighted by Gasteiger charge is 2.18. The van der Waals surface area contributed by atoms with Gasteiger partial charge in [0.1, 0.15) is 17.3 Å². The van der Waals surface area contributed by atoms with Crippen LogP contribution in [0.4, 0.5) is 11.4 Å². The molecule has 4 rings (SSSR count). The lowest BCUT2D eigenvalue weighted by Gasteiger charge is -2.06. The Morgan fingerprint density at radius 1 is 1.12 bits per heavy atom. The zero-order valence-electron chi connectivity index (χ0n) is 17.2. The highest BCUT2D eigenvalue weighted by atomic mass is 35.5. The van der Waals surface area contributed by atoms with Gasteiger partial charge in [0.25, 0.3) is 11.6 Å². The van der Waals surface area contributed by atoms with Crippen molar-refractivity contribution in [1.29, 1.82) is 5.26 Å². The first-order valence-corrected chi connectivity index (χ1v) is 10.3. The van der Waals surface area contributed by atoms with E-state index in [1.54, 1.807) is 6.07 Å². The van der Waals surface area contributed by atoms with E-state index in [0.29, 0.717) is 17.1 Å². The third-order valence-electron chi connectivity index (χ3n) is 5.08. The summed E-state index contributed by atoms with van der Waals surface area (Å²) < 4.78 is 2.02. The van der Waals surface area contributed by atoms with Crippen LogP contribution in [-0.2, 0) is 11.3 Å². The second-order valence-electron chi connectivity index (χ2n) is 7.26. The molecule has 33 heavy (non-hydrogen) atoms. The lowest BCUT2D eigenvalue weighted by atomic mass is 10.1. The third-order valence-corrected chi connectivity index (χ3v) is 5.31. The summed E-state index contributed by atoms with van der Waals surface area (Å²) in [6, 6.07) is 22.9. The molecule has 8 heteroatoms. The van der Waals surface area contributed by atoms with E-state index in [-0.39, 0.29) is 16.9 Å². The molecule has 3 aromatic carbocycles. The van der Waals surface area contributed by atoms with Gasteiger partial charge >= 0.3 is 0 Å². The molecule has 0 unspecified atom stereocenters. The number of amides is 1. The molecule has 0 fully saturated rings. The number of hydrogen-bond acceptors (Lipinski definition) is 4. The molecule has 7 nitrogen and oxygen atoms in total. The molecule has 0 bridgehead atoms. The molecule has 1 amide bonds. The SMILES string of the molecule is N#C/C(=C\c1cn(Cc2cccc(Cl)c2)c2ccccc12)C(=O)Nc1ccccc1[N+](=O)[O-]. The molecule has 162 valence electrons. The number of carbonyl (C=O) groups excluding carboxylic acids is 1.